The van der Waals surface area contributed by atoms with Crippen LogP contribution in [0, 0.1) is 6.92 Å². The van der Waals surface area contributed by atoms with E-state index in [4.69, 9.17) is 4.74 Å². The Morgan fingerprint density at radius 2 is 1.54 bits per heavy atom. The Labute approximate surface area is 206 Å². The van der Waals surface area contributed by atoms with Gasteiger partial charge in [0.05, 0.1) is 12.0 Å². The standard InChI is InChI=1S/C27H28N2O5S/c1-20-17-23(13-15-25(20)34-2)35(32,33)29-24(14-16-26(29)30)27(31)28(18-21-9-5-3-6-10-21)19-22-11-7-4-8-12-22/h3-13,15,17,24H,14,16,18-19H2,1-2H3/t24-/m1/s1. The van der Waals surface area contributed by atoms with Crippen LogP contribution in [-0.2, 0) is 32.7 Å². The lowest BCUT2D eigenvalue weighted by molar-refractivity contribution is -0.138. The van der Waals surface area contributed by atoms with Crippen LogP contribution in [-0.4, -0.2) is 42.6 Å². The number of amides is 2. The molecule has 0 saturated carbocycles. The molecule has 1 aliphatic rings. The maximum atomic E-state index is 13.8. The van der Waals surface area contributed by atoms with Gasteiger partial charge in [-0.3, -0.25) is 9.59 Å². The fourth-order valence-electron chi connectivity index (χ4n) is 4.34. The third-order valence-corrected chi connectivity index (χ3v) is 7.94. The van der Waals surface area contributed by atoms with Crippen LogP contribution < -0.4 is 4.74 Å². The molecule has 0 aliphatic carbocycles. The topological polar surface area (TPSA) is 84.0 Å². The van der Waals surface area contributed by atoms with E-state index >= 15 is 0 Å². The van der Waals surface area contributed by atoms with Crippen molar-refractivity contribution in [3.63, 3.8) is 0 Å². The van der Waals surface area contributed by atoms with Crippen LogP contribution in [0.3, 0.4) is 0 Å². The third-order valence-electron chi connectivity index (χ3n) is 6.11. The summed E-state index contributed by atoms with van der Waals surface area (Å²) in [6.07, 6.45) is 0.140. The van der Waals surface area contributed by atoms with Gasteiger partial charge in [0.2, 0.25) is 11.8 Å². The summed E-state index contributed by atoms with van der Waals surface area (Å²) in [5.41, 5.74) is 2.46. The fourth-order valence-corrected chi connectivity index (χ4v) is 6.02. The number of aryl methyl sites for hydroxylation is 1. The number of benzene rings is 3. The maximum absolute atomic E-state index is 13.8. The highest BCUT2D eigenvalue weighted by Crippen LogP contribution is 2.31. The molecule has 0 radical (unpaired) electrons. The number of methoxy groups -OCH3 is 1. The number of carbonyl (C=O) groups is 2. The molecule has 0 aromatic heterocycles. The highest BCUT2D eigenvalue weighted by Gasteiger charge is 2.45. The van der Waals surface area contributed by atoms with E-state index in [1.165, 1.54) is 19.2 Å². The maximum Gasteiger partial charge on any atom is 0.267 e. The number of sulfonamides is 1. The summed E-state index contributed by atoms with van der Waals surface area (Å²) in [6.45, 7) is 2.33. The minimum Gasteiger partial charge on any atom is -0.496 e. The Bertz CT molecular complexity index is 1270. The van der Waals surface area contributed by atoms with Crippen molar-refractivity contribution in [3.05, 3.63) is 95.6 Å². The lowest BCUT2D eigenvalue weighted by atomic mass is 10.1. The average molecular weight is 493 g/mol. The number of hydrogen-bond acceptors (Lipinski definition) is 5. The van der Waals surface area contributed by atoms with Crippen molar-refractivity contribution in [1.29, 1.82) is 0 Å². The van der Waals surface area contributed by atoms with Crippen LogP contribution in [0.5, 0.6) is 5.75 Å². The summed E-state index contributed by atoms with van der Waals surface area (Å²) in [6, 6.07) is 22.3. The summed E-state index contributed by atoms with van der Waals surface area (Å²) in [7, 11) is -2.72. The van der Waals surface area contributed by atoms with Gasteiger partial charge in [-0.25, -0.2) is 12.7 Å². The summed E-state index contributed by atoms with van der Waals surface area (Å²) in [5, 5.41) is 0. The van der Waals surface area contributed by atoms with Gasteiger partial charge < -0.3 is 9.64 Å². The van der Waals surface area contributed by atoms with Gasteiger partial charge in [-0.1, -0.05) is 60.7 Å². The second-order valence-corrected chi connectivity index (χ2v) is 10.4. The quantitative estimate of drug-likeness (QED) is 0.476. The second-order valence-electron chi connectivity index (χ2n) is 8.55. The Balaban J connectivity index is 1.67. The zero-order chi connectivity index (χ0) is 25.0. The molecule has 182 valence electrons. The molecule has 1 heterocycles. The minimum atomic E-state index is -4.23. The van der Waals surface area contributed by atoms with E-state index in [0.717, 1.165) is 15.4 Å². The Morgan fingerprint density at radius 1 is 0.971 bits per heavy atom. The third kappa shape index (κ3) is 5.22. The van der Waals surface area contributed by atoms with E-state index in [1.54, 1.807) is 17.9 Å². The first kappa shape index (κ1) is 24.5. The molecular weight excluding hydrogens is 464 g/mol. The molecule has 0 spiro atoms. The molecule has 4 rings (SSSR count). The largest absolute Gasteiger partial charge is 0.496 e. The molecule has 3 aromatic rings. The lowest BCUT2D eigenvalue weighted by Gasteiger charge is -2.30. The predicted molar refractivity (Wildman–Crippen MR) is 132 cm³/mol. The molecule has 0 unspecified atom stereocenters. The molecule has 2 amide bonds. The summed E-state index contributed by atoms with van der Waals surface area (Å²) in [4.78, 5) is 28.2. The highest BCUT2D eigenvalue weighted by atomic mass is 32.2. The van der Waals surface area contributed by atoms with Gasteiger partial charge in [0.15, 0.2) is 0 Å². The van der Waals surface area contributed by atoms with E-state index in [1.807, 2.05) is 60.7 Å². The van der Waals surface area contributed by atoms with Crippen molar-refractivity contribution in [1.82, 2.24) is 9.21 Å². The van der Waals surface area contributed by atoms with E-state index in [9.17, 15) is 18.0 Å². The number of hydrogen-bond donors (Lipinski definition) is 0. The first-order chi connectivity index (χ1) is 16.8. The SMILES string of the molecule is COc1ccc(S(=O)(=O)N2C(=O)CC[C@@H]2C(=O)N(Cc2ccccc2)Cc2ccccc2)cc1C. The van der Waals surface area contributed by atoms with Crippen LogP contribution in [0.4, 0.5) is 0 Å². The van der Waals surface area contributed by atoms with Crippen molar-refractivity contribution >= 4 is 21.8 Å². The summed E-state index contributed by atoms with van der Waals surface area (Å²) < 4.78 is 33.1. The summed E-state index contributed by atoms with van der Waals surface area (Å²) in [5.74, 6) is -0.421. The molecule has 1 aliphatic heterocycles. The average Bonchev–Trinajstić information content (AvgIpc) is 3.26. The van der Waals surface area contributed by atoms with E-state index < -0.39 is 27.9 Å². The molecule has 1 saturated heterocycles. The Morgan fingerprint density at radius 3 is 2.06 bits per heavy atom. The number of carbonyl (C=O) groups excluding carboxylic acids is 2. The Hall–Kier alpha value is -3.65. The molecule has 0 bridgehead atoms. The van der Waals surface area contributed by atoms with Gasteiger partial charge >= 0.3 is 0 Å². The normalized spacial score (nSPS) is 15.8. The zero-order valence-electron chi connectivity index (χ0n) is 19.8. The number of ether oxygens (including phenoxy) is 1. The first-order valence-corrected chi connectivity index (χ1v) is 12.8. The van der Waals surface area contributed by atoms with Gasteiger partial charge in [0.1, 0.15) is 11.8 Å². The molecule has 35 heavy (non-hydrogen) atoms. The molecule has 7 nitrogen and oxygen atoms in total. The van der Waals surface area contributed by atoms with Crippen LogP contribution in [0.1, 0.15) is 29.5 Å². The number of nitrogens with zero attached hydrogens (tertiary/aromatic N) is 2. The minimum absolute atomic E-state index is 0.00468. The van der Waals surface area contributed by atoms with E-state index in [-0.39, 0.29) is 17.7 Å². The van der Waals surface area contributed by atoms with Crippen molar-refractivity contribution in [2.45, 2.75) is 43.8 Å². The molecule has 1 atom stereocenters. The van der Waals surface area contributed by atoms with E-state index in [2.05, 4.69) is 0 Å². The fraction of sp³-hybridized carbons (Fsp3) is 0.259. The Kier molecular flexibility index (Phi) is 7.21. The molecule has 8 heteroatoms. The lowest BCUT2D eigenvalue weighted by Crippen LogP contribution is -2.48. The number of rotatable bonds is 8. The smallest absolute Gasteiger partial charge is 0.267 e. The van der Waals surface area contributed by atoms with Crippen LogP contribution >= 0.6 is 0 Å². The van der Waals surface area contributed by atoms with Crippen molar-refractivity contribution in [2.24, 2.45) is 0 Å². The monoisotopic (exact) mass is 492 g/mol. The van der Waals surface area contributed by atoms with Crippen LogP contribution in [0.25, 0.3) is 0 Å². The van der Waals surface area contributed by atoms with Gasteiger partial charge in [0.25, 0.3) is 10.0 Å². The second kappa shape index (κ2) is 10.3. The predicted octanol–water partition coefficient (Wildman–Crippen LogP) is 3.91. The van der Waals surface area contributed by atoms with Crippen molar-refractivity contribution < 1.29 is 22.7 Å². The van der Waals surface area contributed by atoms with Gasteiger partial charge in [0, 0.05) is 19.5 Å². The first-order valence-electron chi connectivity index (χ1n) is 11.4. The summed E-state index contributed by atoms with van der Waals surface area (Å²) >= 11 is 0. The van der Waals surface area contributed by atoms with Crippen LogP contribution in [0.15, 0.2) is 83.8 Å². The molecular formula is C27H28N2O5S. The molecule has 0 N–H and O–H groups in total. The molecule has 1 fully saturated rings. The highest BCUT2D eigenvalue weighted by molar-refractivity contribution is 7.89. The van der Waals surface area contributed by atoms with Gasteiger partial charge in [-0.2, -0.15) is 0 Å². The van der Waals surface area contributed by atoms with Gasteiger partial charge in [-0.15, -0.1) is 0 Å². The zero-order valence-corrected chi connectivity index (χ0v) is 20.6. The molecule has 3 aromatic carbocycles. The van der Waals surface area contributed by atoms with Crippen LogP contribution in [0.2, 0.25) is 0 Å². The van der Waals surface area contributed by atoms with E-state index in [0.29, 0.717) is 24.4 Å². The van der Waals surface area contributed by atoms with Crippen molar-refractivity contribution in [3.8, 4) is 5.75 Å². The van der Waals surface area contributed by atoms with Crippen molar-refractivity contribution in [2.75, 3.05) is 7.11 Å². The van der Waals surface area contributed by atoms with Gasteiger partial charge in [-0.05, 0) is 48.2 Å².